The number of alkyl halides is 1. The number of hydrogen-bond acceptors (Lipinski definition) is 2. The number of hydrogen-bond donors (Lipinski definition) is 0. The molecule has 17 heavy (non-hydrogen) atoms. The first kappa shape index (κ1) is 11.1. The summed E-state index contributed by atoms with van der Waals surface area (Å²) in [4.78, 5) is 7.19. The van der Waals surface area contributed by atoms with E-state index in [0.29, 0.717) is 6.04 Å². The Bertz CT molecular complexity index is 534. The summed E-state index contributed by atoms with van der Waals surface area (Å²) < 4.78 is 2.20. The fourth-order valence-electron chi connectivity index (χ4n) is 2.65. The third kappa shape index (κ3) is 1.75. The first-order chi connectivity index (χ1) is 8.31. The largest absolute Gasteiger partial charge is 0.338 e. The van der Waals surface area contributed by atoms with Crippen molar-refractivity contribution in [2.24, 2.45) is 7.05 Å². The molecule has 1 aromatic carbocycles. The smallest absolute Gasteiger partial charge is 0.206 e. The van der Waals surface area contributed by atoms with Crippen molar-refractivity contribution in [3.63, 3.8) is 0 Å². The number of rotatable bonds is 2. The van der Waals surface area contributed by atoms with Crippen molar-refractivity contribution in [3.05, 3.63) is 24.3 Å². The minimum absolute atomic E-state index is 0.588. The van der Waals surface area contributed by atoms with E-state index in [4.69, 9.17) is 4.98 Å². The highest BCUT2D eigenvalue weighted by Gasteiger charge is 2.27. The van der Waals surface area contributed by atoms with E-state index < -0.39 is 0 Å². The molecule has 2 heterocycles. The lowest BCUT2D eigenvalue weighted by molar-refractivity contribution is 0.716. The van der Waals surface area contributed by atoms with Gasteiger partial charge in [0.2, 0.25) is 5.95 Å². The quantitative estimate of drug-likeness (QED) is 0.794. The topological polar surface area (TPSA) is 21.1 Å². The van der Waals surface area contributed by atoms with E-state index in [9.17, 15) is 0 Å². The molecule has 0 spiro atoms. The van der Waals surface area contributed by atoms with E-state index in [1.54, 1.807) is 0 Å². The Kier molecular flexibility index (Phi) is 2.82. The van der Waals surface area contributed by atoms with Gasteiger partial charge in [-0.3, -0.25) is 0 Å². The highest BCUT2D eigenvalue weighted by Crippen LogP contribution is 2.28. The molecule has 1 unspecified atom stereocenters. The molecule has 1 atom stereocenters. The Hall–Kier alpha value is -1.03. The van der Waals surface area contributed by atoms with Gasteiger partial charge in [-0.05, 0) is 25.0 Å². The van der Waals surface area contributed by atoms with E-state index in [0.717, 1.165) is 23.3 Å². The second kappa shape index (κ2) is 4.33. The summed E-state index contributed by atoms with van der Waals surface area (Å²) in [5.41, 5.74) is 2.30. The molecule has 1 saturated heterocycles. The molecular formula is C13H16BrN3. The first-order valence-electron chi connectivity index (χ1n) is 6.05. The van der Waals surface area contributed by atoms with Crippen LogP contribution in [0.25, 0.3) is 11.0 Å². The number of halogens is 1. The monoisotopic (exact) mass is 293 g/mol. The number of fused-ring (bicyclic) bond motifs is 1. The summed E-state index contributed by atoms with van der Waals surface area (Å²) in [5, 5.41) is 1.02. The molecule has 0 saturated carbocycles. The molecule has 3 nitrogen and oxygen atoms in total. The number of aryl methyl sites for hydroxylation is 1. The van der Waals surface area contributed by atoms with Crippen LogP contribution < -0.4 is 4.90 Å². The maximum absolute atomic E-state index is 4.76. The van der Waals surface area contributed by atoms with E-state index in [-0.39, 0.29) is 0 Å². The van der Waals surface area contributed by atoms with Crippen molar-refractivity contribution in [2.75, 3.05) is 16.8 Å². The van der Waals surface area contributed by atoms with Gasteiger partial charge in [0.05, 0.1) is 11.0 Å². The predicted octanol–water partition coefficient (Wildman–Crippen LogP) is 2.94. The molecule has 0 amide bonds. The lowest BCUT2D eigenvalue weighted by atomic mass is 10.2. The van der Waals surface area contributed by atoms with E-state index in [1.807, 2.05) is 6.07 Å². The summed E-state index contributed by atoms with van der Waals surface area (Å²) in [6.45, 7) is 1.12. The van der Waals surface area contributed by atoms with Crippen molar-refractivity contribution < 1.29 is 0 Å². The van der Waals surface area contributed by atoms with Crippen LogP contribution in [0.5, 0.6) is 0 Å². The van der Waals surface area contributed by atoms with Crippen LogP contribution in [0, 0.1) is 0 Å². The third-order valence-corrected chi connectivity index (χ3v) is 4.32. The highest BCUT2D eigenvalue weighted by molar-refractivity contribution is 9.09. The average molecular weight is 294 g/mol. The molecule has 1 aromatic heterocycles. The normalized spacial score (nSPS) is 20.4. The first-order valence-corrected chi connectivity index (χ1v) is 7.17. The molecule has 1 fully saturated rings. The Labute approximate surface area is 110 Å². The Morgan fingerprint density at radius 2 is 2.24 bits per heavy atom. The van der Waals surface area contributed by atoms with E-state index in [1.165, 1.54) is 18.4 Å². The van der Waals surface area contributed by atoms with Crippen molar-refractivity contribution in [2.45, 2.75) is 18.9 Å². The van der Waals surface area contributed by atoms with Gasteiger partial charge in [-0.15, -0.1) is 0 Å². The summed E-state index contributed by atoms with van der Waals surface area (Å²) in [5.74, 6) is 1.10. The SMILES string of the molecule is Cn1c(N2CCCC2CBr)nc2ccccc21. The molecule has 1 aliphatic heterocycles. The van der Waals surface area contributed by atoms with Gasteiger partial charge in [0.15, 0.2) is 0 Å². The number of anilines is 1. The van der Waals surface area contributed by atoms with Gasteiger partial charge in [-0.2, -0.15) is 0 Å². The fourth-order valence-corrected chi connectivity index (χ4v) is 3.32. The van der Waals surface area contributed by atoms with Gasteiger partial charge in [0, 0.05) is 25.0 Å². The van der Waals surface area contributed by atoms with Crippen LogP contribution in [0.4, 0.5) is 5.95 Å². The molecule has 90 valence electrons. The predicted molar refractivity (Wildman–Crippen MR) is 74.9 cm³/mol. The van der Waals surface area contributed by atoms with Crippen molar-refractivity contribution in [3.8, 4) is 0 Å². The van der Waals surface area contributed by atoms with Gasteiger partial charge in [-0.1, -0.05) is 28.1 Å². The van der Waals surface area contributed by atoms with Gasteiger partial charge in [-0.25, -0.2) is 4.98 Å². The molecule has 1 aliphatic rings. The summed E-state index contributed by atoms with van der Waals surface area (Å²) >= 11 is 3.60. The summed E-state index contributed by atoms with van der Waals surface area (Å²) in [6.07, 6.45) is 2.52. The lowest BCUT2D eigenvalue weighted by Gasteiger charge is -2.23. The van der Waals surface area contributed by atoms with Gasteiger partial charge < -0.3 is 9.47 Å². The average Bonchev–Trinajstić information content (AvgIpc) is 2.94. The maximum Gasteiger partial charge on any atom is 0.206 e. The Balaban J connectivity index is 2.08. The van der Waals surface area contributed by atoms with Crippen molar-refractivity contribution >= 4 is 32.9 Å². The van der Waals surface area contributed by atoms with Crippen molar-refractivity contribution in [1.29, 1.82) is 0 Å². The number of aromatic nitrogens is 2. The molecule has 3 rings (SSSR count). The van der Waals surface area contributed by atoms with Crippen LogP contribution in [0.2, 0.25) is 0 Å². The zero-order chi connectivity index (χ0) is 11.8. The third-order valence-electron chi connectivity index (χ3n) is 3.58. The van der Waals surface area contributed by atoms with Crippen LogP contribution in [-0.4, -0.2) is 27.5 Å². The lowest BCUT2D eigenvalue weighted by Crippen LogP contribution is -2.32. The van der Waals surface area contributed by atoms with E-state index >= 15 is 0 Å². The van der Waals surface area contributed by atoms with Crippen LogP contribution in [0.3, 0.4) is 0 Å². The molecule has 2 aromatic rings. The number of nitrogens with zero attached hydrogens (tertiary/aromatic N) is 3. The Morgan fingerprint density at radius 1 is 1.41 bits per heavy atom. The minimum atomic E-state index is 0.588. The summed E-state index contributed by atoms with van der Waals surface area (Å²) in [7, 11) is 2.11. The van der Waals surface area contributed by atoms with Gasteiger partial charge in [0.1, 0.15) is 0 Å². The molecular weight excluding hydrogens is 278 g/mol. The second-order valence-electron chi connectivity index (χ2n) is 4.60. The van der Waals surface area contributed by atoms with Gasteiger partial charge in [0.25, 0.3) is 0 Å². The standard InChI is InChI=1S/C13H16BrN3/c1-16-12-7-3-2-6-11(12)15-13(16)17-8-4-5-10(17)9-14/h2-3,6-7,10H,4-5,8-9H2,1H3. The van der Waals surface area contributed by atoms with Crippen LogP contribution >= 0.6 is 15.9 Å². The number of para-hydroxylation sites is 2. The fraction of sp³-hybridized carbons (Fsp3) is 0.462. The minimum Gasteiger partial charge on any atom is -0.338 e. The molecule has 0 radical (unpaired) electrons. The Morgan fingerprint density at radius 3 is 3.00 bits per heavy atom. The van der Waals surface area contributed by atoms with Gasteiger partial charge >= 0.3 is 0 Å². The summed E-state index contributed by atoms with van der Waals surface area (Å²) in [6, 6.07) is 8.92. The molecule has 0 bridgehead atoms. The molecule has 4 heteroatoms. The van der Waals surface area contributed by atoms with E-state index in [2.05, 4.69) is 50.6 Å². The second-order valence-corrected chi connectivity index (χ2v) is 5.25. The zero-order valence-electron chi connectivity index (χ0n) is 9.93. The van der Waals surface area contributed by atoms with Crippen LogP contribution in [-0.2, 0) is 7.05 Å². The number of imidazole rings is 1. The van der Waals surface area contributed by atoms with Crippen LogP contribution in [0.1, 0.15) is 12.8 Å². The van der Waals surface area contributed by atoms with Crippen molar-refractivity contribution in [1.82, 2.24) is 9.55 Å². The zero-order valence-corrected chi connectivity index (χ0v) is 11.5. The molecule has 0 aliphatic carbocycles. The molecule has 0 N–H and O–H groups in total. The highest BCUT2D eigenvalue weighted by atomic mass is 79.9. The maximum atomic E-state index is 4.76. The number of benzene rings is 1. The van der Waals surface area contributed by atoms with Crippen LogP contribution in [0.15, 0.2) is 24.3 Å².